The summed E-state index contributed by atoms with van der Waals surface area (Å²) in [5, 5.41) is 8.09. The van der Waals surface area contributed by atoms with E-state index in [0.29, 0.717) is 17.3 Å². The number of nitrogens with zero attached hydrogens (tertiary/aromatic N) is 3. The smallest absolute Gasteiger partial charge is 0.181 e. The van der Waals surface area contributed by atoms with Gasteiger partial charge in [-0.1, -0.05) is 43.0 Å². The van der Waals surface area contributed by atoms with E-state index in [4.69, 9.17) is 10.1 Å². The van der Waals surface area contributed by atoms with E-state index in [1.54, 1.807) is 19.1 Å². The maximum Gasteiger partial charge on any atom is 0.181 e. The van der Waals surface area contributed by atoms with Crippen LogP contribution in [0.3, 0.4) is 0 Å². The number of benzene rings is 1. The van der Waals surface area contributed by atoms with Gasteiger partial charge < -0.3 is 5.32 Å². The van der Waals surface area contributed by atoms with E-state index < -0.39 is 0 Å². The van der Waals surface area contributed by atoms with Gasteiger partial charge in [0.15, 0.2) is 5.82 Å². The van der Waals surface area contributed by atoms with Crippen LogP contribution in [0.15, 0.2) is 61.0 Å². The minimum absolute atomic E-state index is 0.160. The highest BCUT2D eigenvalue weighted by Crippen LogP contribution is 2.27. The fourth-order valence-electron chi connectivity index (χ4n) is 3.07. The summed E-state index contributed by atoms with van der Waals surface area (Å²) in [6, 6.07) is 10.0. The number of hydrogen-bond donors (Lipinski definition) is 1. The van der Waals surface area contributed by atoms with E-state index in [0.717, 1.165) is 37.4 Å². The second kappa shape index (κ2) is 8.72. The standard InChI is InChI=1S/C21H25FN4/c1-3-18(22)9-7-8-16(2)20-24-21(17-12-14-23-15-13-17)26(25-20)19-10-5-4-6-11-19/h3-8,10-11,17,23H,2,9,12-15H2,1H3/b8-7-,18-3+. The Kier molecular flexibility index (Phi) is 6.12. The third-order valence-corrected chi connectivity index (χ3v) is 4.57. The molecule has 2 heterocycles. The van der Waals surface area contributed by atoms with Crippen molar-refractivity contribution in [1.82, 2.24) is 20.1 Å². The van der Waals surface area contributed by atoms with Crippen LogP contribution < -0.4 is 5.32 Å². The van der Waals surface area contributed by atoms with E-state index in [-0.39, 0.29) is 12.2 Å². The second-order valence-corrected chi connectivity index (χ2v) is 6.43. The molecule has 4 nitrogen and oxygen atoms in total. The van der Waals surface area contributed by atoms with E-state index in [9.17, 15) is 4.39 Å². The lowest BCUT2D eigenvalue weighted by Crippen LogP contribution is -2.28. The minimum Gasteiger partial charge on any atom is -0.317 e. The van der Waals surface area contributed by atoms with Gasteiger partial charge in [0.1, 0.15) is 5.82 Å². The number of nitrogens with one attached hydrogen (secondary N) is 1. The molecule has 0 atom stereocenters. The van der Waals surface area contributed by atoms with Crippen molar-refractivity contribution < 1.29 is 4.39 Å². The van der Waals surface area contributed by atoms with Crippen LogP contribution in [0.5, 0.6) is 0 Å². The monoisotopic (exact) mass is 352 g/mol. The van der Waals surface area contributed by atoms with Gasteiger partial charge in [0.05, 0.1) is 11.5 Å². The number of allylic oxidation sites excluding steroid dienone is 5. The van der Waals surface area contributed by atoms with Gasteiger partial charge in [-0.25, -0.2) is 14.1 Å². The molecule has 1 saturated heterocycles. The third-order valence-electron chi connectivity index (χ3n) is 4.57. The molecule has 1 aliphatic rings. The normalized spacial score (nSPS) is 16.3. The molecule has 0 bridgehead atoms. The molecular weight excluding hydrogens is 327 g/mol. The maximum absolute atomic E-state index is 13.3. The van der Waals surface area contributed by atoms with Crippen LogP contribution in [-0.4, -0.2) is 27.9 Å². The van der Waals surface area contributed by atoms with Gasteiger partial charge in [-0.05, 0) is 45.0 Å². The molecule has 3 rings (SSSR count). The van der Waals surface area contributed by atoms with Gasteiger partial charge in [-0.15, -0.1) is 5.10 Å². The van der Waals surface area contributed by atoms with Crippen LogP contribution in [0.1, 0.15) is 43.8 Å². The second-order valence-electron chi connectivity index (χ2n) is 6.43. The van der Waals surface area contributed by atoms with Gasteiger partial charge >= 0.3 is 0 Å². The van der Waals surface area contributed by atoms with E-state index >= 15 is 0 Å². The summed E-state index contributed by atoms with van der Waals surface area (Å²) >= 11 is 0. The largest absolute Gasteiger partial charge is 0.317 e. The molecule has 0 aliphatic carbocycles. The molecule has 0 spiro atoms. The lowest BCUT2D eigenvalue weighted by molar-refractivity contribution is 0.438. The number of piperidine rings is 1. The van der Waals surface area contributed by atoms with Crippen LogP contribution in [0.4, 0.5) is 4.39 Å². The number of rotatable bonds is 6. The summed E-state index contributed by atoms with van der Waals surface area (Å²) in [6.45, 7) is 7.73. The molecule has 1 aromatic heterocycles. The molecule has 0 saturated carbocycles. The average molecular weight is 352 g/mol. The van der Waals surface area contributed by atoms with Crippen LogP contribution in [0, 0.1) is 0 Å². The zero-order valence-electron chi connectivity index (χ0n) is 15.2. The van der Waals surface area contributed by atoms with Crippen molar-refractivity contribution in [3.63, 3.8) is 0 Å². The van der Waals surface area contributed by atoms with Crippen molar-refractivity contribution in [3.8, 4) is 5.69 Å². The molecular formula is C21H25FN4. The van der Waals surface area contributed by atoms with Crippen molar-refractivity contribution in [2.45, 2.75) is 32.1 Å². The van der Waals surface area contributed by atoms with Gasteiger partial charge in [0.25, 0.3) is 0 Å². The first-order valence-corrected chi connectivity index (χ1v) is 9.08. The third kappa shape index (κ3) is 4.35. The summed E-state index contributed by atoms with van der Waals surface area (Å²) in [6.07, 6.45) is 7.35. The van der Waals surface area contributed by atoms with E-state index in [1.165, 1.54) is 6.08 Å². The Balaban J connectivity index is 1.89. The maximum atomic E-state index is 13.3. The molecule has 1 aliphatic heterocycles. The molecule has 1 fully saturated rings. The first-order chi connectivity index (χ1) is 12.7. The highest BCUT2D eigenvalue weighted by Gasteiger charge is 2.23. The van der Waals surface area contributed by atoms with E-state index in [2.05, 4.69) is 11.9 Å². The molecule has 0 radical (unpaired) electrons. The molecule has 0 amide bonds. The first-order valence-electron chi connectivity index (χ1n) is 9.08. The van der Waals surface area contributed by atoms with Crippen molar-refractivity contribution in [1.29, 1.82) is 0 Å². The molecule has 5 heteroatoms. The summed E-state index contributed by atoms with van der Waals surface area (Å²) in [5.41, 5.74) is 1.69. The van der Waals surface area contributed by atoms with Crippen molar-refractivity contribution in [2.75, 3.05) is 13.1 Å². The lowest BCUT2D eigenvalue weighted by Gasteiger charge is -2.22. The quantitative estimate of drug-likeness (QED) is 0.775. The molecule has 0 unspecified atom stereocenters. The molecule has 1 N–H and O–H groups in total. The Morgan fingerprint density at radius 3 is 2.73 bits per heavy atom. The average Bonchev–Trinajstić information content (AvgIpc) is 3.14. The first kappa shape index (κ1) is 18.3. The summed E-state index contributed by atoms with van der Waals surface area (Å²) < 4.78 is 15.2. The lowest BCUT2D eigenvalue weighted by atomic mass is 9.97. The van der Waals surface area contributed by atoms with Crippen molar-refractivity contribution in [3.05, 3.63) is 72.6 Å². The van der Waals surface area contributed by atoms with Crippen LogP contribution in [0.2, 0.25) is 0 Å². The van der Waals surface area contributed by atoms with Crippen molar-refractivity contribution >= 4 is 5.57 Å². The summed E-state index contributed by atoms with van der Waals surface area (Å²) in [4.78, 5) is 4.79. The Hall–Kier alpha value is -2.53. The molecule has 136 valence electrons. The predicted octanol–water partition coefficient (Wildman–Crippen LogP) is 4.57. The summed E-state index contributed by atoms with van der Waals surface area (Å²) in [5.74, 6) is 1.78. The van der Waals surface area contributed by atoms with Crippen LogP contribution in [0.25, 0.3) is 11.3 Å². The minimum atomic E-state index is -0.160. The highest BCUT2D eigenvalue weighted by molar-refractivity contribution is 5.67. The SMILES string of the molecule is C=C(/C=C\C/C(F)=C\C)c1nc(C2CCNCC2)n(-c2ccccc2)n1. The number of para-hydroxylation sites is 1. The Bertz CT molecular complexity index is 799. The summed E-state index contributed by atoms with van der Waals surface area (Å²) in [7, 11) is 0. The van der Waals surface area contributed by atoms with E-state index in [1.807, 2.05) is 35.0 Å². The Morgan fingerprint density at radius 2 is 2.04 bits per heavy atom. The fourth-order valence-corrected chi connectivity index (χ4v) is 3.07. The van der Waals surface area contributed by atoms with Gasteiger partial charge in [-0.3, -0.25) is 0 Å². The Morgan fingerprint density at radius 1 is 1.31 bits per heavy atom. The van der Waals surface area contributed by atoms with Crippen LogP contribution in [-0.2, 0) is 0 Å². The molecule has 26 heavy (non-hydrogen) atoms. The number of hydrogen-bond acceptors (Lipinski definition) is 3. The Labute approximate surface area is 154 Å². The molecule has 2 aromatic rings. The van der Waals surface area contributed by atoms with Crippen molar-refractivity contribution in [2.24, 2.45) is 0 Å². The molecule has 1 aromatic carbocycles. The number of halogens is 1. The predicted molar refractivity (Wildman–Crippen MR) is 104 cm³/mol. The fraction of sp³-hybridized carbons (Fsp3) is 0.333. The topological polar surface area (TPSA) is 42.7 Å². The zero-order chi connectivity index (χ0) is 18.4. The highest BCUT2D eigenvalue weighted by atomic mass is 19.1. The zero-order valence-corrected chi connectivity index (χ0v) is 15.2. The van der Waals surface area contributed by atoms with Gasteiger partial charge in [0, 0.05) is 17.9 Å². The van der Waals surface area contributed by atoms with Gasteiger partial charge in [-0.2, -0.15) is 0 Å². The van der Waals surface area contributed by atoms with Crippen LogP contribution >= 0.6 is 0 Å². The van der Waals surface area contributed by atoms with Gasteiger partial charge in [0.2, 0.25) is 0 Å². The number of aromatic nitrogens is 3.